The van der Waals surface area contributed by atoms with Gasteiger partial charge >= 0.3 is 0 Å². The second kappa shape index (κ2) is 5.29. The molecule has 1 unspecified atom stereocenters. The van der Waals surface area contributed by atoms with Crippen molar-refractivity contribution >= 4 is 11.6 Å². The molecule has 0 aliphatic heterocycles. The largest absolute Gasteiger partial charge is 0.302 e. The fourth-order valence-corrected chi connectivity index (χ4v) is 1.25. The van der Waals surface area contributed by atoms with Crippen molar-refractivity contribution in [3.8, 4) is 0 Å². The topological polar surface area (TPSA) is 21.3 Å². The normalized spacial score (nSPS) is 12.9. The molecule has 0 saturated carbocycles. The van der Waals surface area contributed by atoms with Crippen molar-refractivity contribution in [2.75, 3.05) is 6.61 Å². The smallest absolute Gasteiger partial charge is 0.141 e. The maximum atomic E-state index is 12.8. The standard InChI is InChI=1S/C10H13ClFNO/c1-3-14-13-7(2)8-4-5-10(12)9(11)6-8/h4-7,13H,3H2,1-2H3. The third kappa shape index (κ3) is 2.94. The summed E-state index contributed by atoms with van der Waals surface area (Å²) < 4.78 is 12.8. The van der Waals surface area contributed by atoms with E-state index in [1.54, 1.807) is 12.1 Å². The van der Waals surface area contributed by atoms with E-state index in [1.807, 2.05) is 13.8 Å². The van der Waals surface area contributed by atoms with E-state index >= 15 is 0 Å². The Bertz CT molecular complexity index is 306. The Kier molecular flexibility index (Phi) is 4.32. The van der Waals surface area contributed by atoms with Gasteiger partial charge in [0.1, 0.15) is 5.82 Å². The van der Waals surface area contributed by atoms with E-state index in [-0.39, 0.29) is 11.1 Å². The number of rotatable bonds is 4. The molecule has 78 valence electrons. The third-order valence-electron chi connectivity index (χ3n) is 1.85. The molecule has 0 radical (unpaired) electrons. The van der Waals surface area contributed by atoms with Crippen molar-refractivity contribution < 1.29 is 9.23 Å². The van der Waals surface area contributed by atoms with E-state index in [0.717, 1.165) is 5.56 Å². The van der Waals surface area contributed by atoms with Crippen LogP contribution in [0.4, 0.5) is 4.39 Å². The van der Waals surface area contributed by atoms with Crippen LogP contribution in [-0.2, 0) is 4.84 Å². The second-order valence-corrected chi connectivity index (χ2v) is 3.35. The Morgan fingerprint density at radius 3 is 2.86 bits per heavy atom. The van der Waals surface area contributed by atoms with Crippen LogP contribution in [0, 0.1) is 5.82 Å². The Labute approximate surface area is 88.0 Å². The molecule has 1 aromatic rings. The third-order valence-corrected chi connectivity index (χ3v) is 2.14. The summed E-state index contributed by atoms with van der Waals surface area (Å²) in [6.07, 6.45) is 0. The van der Waals surface area contributed by atoms with Gasteiger partial charge in [0, 0.05) is 0 Å². The molecule has 0 spiro atoms. The van der Waals surface area contributed by atoms with Crippen molar-refractivity contribution in [2.24, 2.45) is 0 Å². The van der Waals surface area contributed by atoms with Gasteiger partial charge < -0.3 is 4.84 Å². The highest BCUT2D eigenvalue weighted by atomic mass is 35.5. The number of halogens is 2. The molecule has 1 aromatic carbocycles. The SMILES string of the molecule is CCONC(C)c1ccc(F)c(Cl)c1. The van der Waals surface area contributed by atoms with Gasteiger partial charge in [-0.15, -0.1) is 0 Å². The molecule has 1 rings (SSSR count). The van der Waals surface area contributed by atoms with Gasteiger partial charge in [-0.3, -0.25) is 0 Å². The molecule has 2 nitrogen and oxygen atoms in total. The van der Waals surface area contributed by atoms with Crippen molar-refractivity contribution in [3.05, 3.63) is 34.6 Å². The van der Waals surface area contributed by atoms with Gasteiger partial charge in [0.2, 0.25) is 0 Å². The zero-order chi connectivity index (χ0) is 10.6. The average molecular weight is 218 g/mol. The highest BCUT2D eigenvalue weighted by molar-refractivity contribution is 6.30. The number of hydrogen-bond donors (Lipinski definition) is 1. The van der Waals surface area contributed by atoms with E-state index in [9.17, 15) is 4.39 Å². The van der Waals surface area contributed by atoms with Gasteiger partial charge in [-0.05, 0) is 31.5 Å². The molecule has 0 bridgehead atoms. The van der Waals surface area contributed by atoms with E-state index in [1.165, 1.54) is 6.07 Å². The van der Waals surface area contributed by atoms with Crippen LogP contribution in [0.2, 0.25) is 5.02 Å². The molecule has 0 aliphatic carbocycles. The lowest BCUT2D eigenvalue weighted by atomic mass is 10.1. The minimum absolute atomic E-state index is 0.00644. The predicted octanol–water partition coefficient (Wildman–Crippen LogP) is 3.08. The van der Waals surface area contributed by atoms with Crippen LogP contribution >= 0.6 is 11.6 Å². The summed E-state index contributed by atoms with van der Waals surface area (Å²) in [6, 6.07) is 4.61. The lowest BCUT2D eigenvalue weighted by molar-refractivity contribution is 0.0285. The summed E-state index contributed by atoms with van der Waals surface area (Å²) in [5.74, 6) is -0.404. The molecular formula is C10H13ClFNO. The second-order valence-electron chi connectivity index (χ2n) is 2.95. The van der Waals surface area contributed by atoms with Crippen LogP contribution in [-0.4, -0.2) is 6.61 Å². The van der Waals surface area contributed by atoms with E-state index in [0.29, 0.717) is 6.61 Å². The van der Waals surface area contributed by atoms with E-state index < -0.39 is 5.82 Å². The molecule has 0 heterocycles. The molecule has 14 heavy (non-hydrogen) atoms. The van der Waals surface area contributed by atoms with Crippen LogP contribution in [0.25, 0.3) is 0 Å². The van der Waals surface area contributed by atoms with Gasteiger partial charge in [-0.2, -0.15) is 5.48 Å². The first-order valence-corrected chi connectivity index (χ1v) is 4.85. The van der Waals surface area contributed by atoms with Crippen molar-refractivity contribution in [3.63, 3.8) is 0 Å². The lowest BCUT2D eigenvalue weighted by Crippen LogP contribution is -2.18. The fourth-order valence-electron chi connectivity index (χ4n) is 1.06. The molecule has 0 saturated heterocycles. The zero-order valence-electron chi connectivity index (χ0n) is 8.18. The molecule has 0 amide bonds. The molecular weight excluding hydrogens is 205 g/mol. The molecule has 0 aromatic heterocycles. The Morgan fingerprint density at radius 1 is 1.57 bits per heavy atom. The van der Waals surface area contributed by atoms with Crippen LogP contribution in [0.1, 0.15) is 25.5 Å². The summed E-state index contributed by atoms with van der Waals surface area (Å²) in [5.41, 5.74) is 3.71. The van der Waals surface area contributed by atoms with Gasteiger partial charge in [-0.1, -0.05) is 17.7 Å². The highest BCUT2D eigenvalue weighted by Crippen LogP contribution is 2.20. The number of benzene rings is 1. The number of nitrogens with one attached hydrogen (secondary N) is 1. The fraction of sp³-hybridized carbons (Fsp3) is 0.400. The minimum atomic E-state index is -0.404. The maximum absolute atomic E-state index is 12.8. The van der Waals surface area contributed by atoms with E-state index in [4.69, 9.17) is 16.4 Å². The molecule has 4 heteroatoms. The molecule has 0 aliphatic rings. The Balaban J connectivity index is 2.70. The van der Waals surface area contributed by atoms with Gasteiger partial charge in [-0.25, -0.2) is 4.39 Å². The summed E-state index contributed by atoms with van der Waals surface area (Å²) in [7, 11) is 0. The average Bonchev–Trinajstić information content (AvgIpc) is 2.18. The molecule has 0 fully saturated rings. The van der Waals surface area contributed by atoms with Gasteiger partial charge in [0.15, 0.2) is 0 Å². The van der Waals surface area contributed by atoms with Crippen LogP contribution in [0.15, 0.2) is 18.2 Å². The quantitative estimate of drug-likeness (QED) is 0.783. The first-order valence-electron chi connectivity index (χ1n) is 4.47. The first kappa shape index (κ1) is 11.4. The molecule has 1 atom stereocenters. The first-order chi connectivity index (χ1) is 6.65. The summed E-state index contributed by atoms with van der Waals surface area (Å²) in [4.78, 5) is 5.03. The van der Waals surface area contributed by atoms with Crippen LogP contribution in [0.3, 0.4) is 0 Å². The van der Waals surface area contributed by atoms with Crippen molar-refractivity contribution in [2.45, 2.75) is 19.9 Å². The highest BCUT2D eigenvalue weighted by Gasteiger charge is 2.07. The van der Waals surface area contributed by atoms with Gasteiger partial charge in [0.05, 0.1) is 17.7 Å². The Morgan fingerprint density at radius 2 is 2.29 bits per heavy atom. The minimum Gasteiger partial charge on any atom is -0.302 e. The monoisotopic (exact) mass is 217 g/mol. The maximum Gasteiger partial charge on any atom is 0.141 e. The summed E-state index contributed by atoms with van der Waals surface area (Å²) in [6.45, 7) is 4.38. The Hall–Kier alpha value is -0.640. The summed E-state index contributed by atoms with van der Waals surface area (Å²) >= 11 is 5.65. The number of hydroxylamine groups is 1. The van der Waals surface area contributed by atoms with Crippen molar-refractivity contribution in [1.29, 1.82) is 0 Å². The predicted molar refractivity (Wildman–Crippen MR) is 54.6 cm³/mol. The van der Waals surface area contributed by atoms with Crippen molar-refractivity contribution in [1.82, 2.24) is 5.48 Å². The van der Waals surface area contributed by atoms with Gasteiger partial charge in [0.25, 0.3) is 0 Å². The zero-order valence-corrected chi connectivity index (χ0v) is 8.94. The summed E-state index contributed by atoms with van der Waals surface area (Å²) in [5, 5.41) is 0.132. The molecule has 1 N–H and O–H groups in total. The number of hydrogen-bond acceptors (Lipinski definition) is 2. The van der Waals surface area contributed by atoms with Crippen LogP contribution < -0.4 is 5.48 Å². The van der Waals surface area contributed by atoms with Crippen LogP contribution in [0.5, 0.6) is 0 Å². The van der Waals surface area contributed by atoms with E-state index in [2.05, 4.69) is 5.48 Å². The lowest BCUT2D eigenvalue weighted by Gasteiger charge is -2.13.